The van der Waals surface area contributed by atoms with Crippen molar-refractivity contribution in [2.75, 3.05) is 31.9 Å². The Balaban J connectivity index is 1.61. The van der Waals surface area contributed by atoms with E-state index in [0.29, 0.717) is 13.1 Å². The Morgan fingerprint density at radius 3 is 2.50 bits per heavy atom. The van der Waals surface area contributed by atoms with Crippen molar-refractivity contribution in [3.8, 4) is 0 Å². The first kappa shape index (κ1) is 15.9. The largest absolute Gasteiger partial charge is 0.314 e. The number of nitrogens with zero attached hydrogens (tertiary/aromatic N) is 5. The molecular weight excluding hydrogens is 302 g/mol. The lowest BCUT2D eigenvalue weighted by atomic mass is 10.2. The van der Waals surface area contributed by atoms with E-state index in [4.69, 9.17) is 0 Å². The van der Waals surface area contributed by atoms with Gasteiger partial charge in [0.15, 0.2) is 0 Å². The fourth-order valence-corrected chi connectivity index (χ4v) is 4.30. The monoisotopic (exact) mass is 327 g/mol. The molecule has 0 aromatic carbocycles. The number of hydrogen-bond acceptors (Lipinski definition) is 5. The van der Waals surface area contributed by atoms with Gasteiger partial charge in [-0.25, -0.2) is 8.42 Å². The van der Waals surface area contributed by atoms with Gasteiger partial charge in [0, 0.05) is 39.1 Å². The summed E-state index contributed by atoms with van der Waals surface area (Å²) < 4.78 is 27.6. The Morgan fingerprint density at radius 1 is 1.00 bits per heavy atom. The van der Waals surface area contributed by atoms with Crippen LogP contribution in [0.5, 0.6) is 0 Å². The van der Waals surface area contributed by atoms with E-state index in [-0.39, 0.29) is 5.75 Å². The van der Waals surface area contributed by atoms with Gasteiger partial charge < -0.3 is 4.57 Å². The molecule has 1 fully saturated rings. The molecule has 0 atom stereocenters. The Labute approximate surface area is 132 Å². The normalized spacial score (nSPS) is 21.5. The lowest BCUT2D eigenvalue weighted by molar-refractivity contribution is 0.176. The van der Waals surface area contributed by atoms with Crippen molar-refractivity contribution in [1.82, 2.24) is 24.0 Å². The molecule has 0 N–H and O–H groups in total. The first-order valence-electron chi connectivity index (χ1n) is 8.21. The maximum atomic E-state index is 11.9. The summed E-state index contributed by atoms with van der Waals surface area (Å²) in [5.74, 6) is 2.33. The highest BCUT2D eigenvalue weighted by Crippen LogP contribution is 2.16. The lowest BCUT2D eigenvalue weighted by Crippen LogP contribution is -2.48. The summed E-state index contributed by atoms with van der Waals surface area (Å²) in [5.41, 5.74) is 0. The van der Waals surface area contributed by atoms with Gasteiger partial charge in [-0.1, -0.05) is 6.42 Å². The number of aryl methyl sites for hydroxylation is 1. The summed E-state index contributed by atoms with van der Waals surface area (Å²) in [4.78, 5) is 2.28. The molecule has 7 nitrogen and oxygen atoms in total. The molecule has 3 rings (SSSR count). The van der Waals surface area contributed by atoms with Crippen molar-refractivity contribution in [1.29, 1.82) is 0 Å². The predicted octanol–water partition coefficient (Wildman–Crippen LogP) is 0.472. The quantitative estimate of drug-likeness (QED) is 0.804. The molecule has 1 saturated heterocycles. The maximum Gasteiger partial charge on any atom is 0.213 e. The Bertz CT molecular complexity index is 605. The van der Waals surface area contributed by atoms with E-state index >= 15 is 0 Å². The molecule has 22 heavy (non-hydrogen) atoms. The number of piperazine rings is 1. The van der Waals surface area contributed by atoms with Crippen LogP contribution in [0.1, 0.15) is 37.8 Å². The number of sulfonamides is 1. The second-order valence-corrected chi connectivity index (χ2v) is 8.33. The SMILES string of the molecule is CCS(=O)(=O)N1CCN(Cc2nnc3n2CCCCC3)CC1. The average molecular weight is 327 g/mol. The summed E-state index contributed by atoms with van der Waals surface area (Å²) in [6, 6.07) is 0. The first-order valence-corrected chi connectivity index (χ1v) is 9.82. The fraction of sp³-hybridized carbons (Fsp3) is 0.857. The van der Waals surface area contributed by atoms with Crippen LogP contribution in [0.15, 0.2) is 0 Å². The zero-order valence-corrected chi connectivity index (χ0v) is 14.1. The van der Waals surface area contributed by atoms with Gasteiger partial charge in [-0.05, 0) is 19.8 Å². The second-order valence-electron chi connectivity index (χ2n) is 6.07. The molecule has 2 aliphatic heterocycles. The minimum atomic E-state index is -3.05. The molecule has 0 amide bonds. The van der Waals surface area contributed by atoms with Gasteiger partial charge in [-0.3, -0.25) is 4.90 Å². The highest BCUT2D eigenvalue weighted by atomic mass is 32.2. The van der Waals surface area contributed by atoms with Crippen molar-refractivity contribution in [3.05, 3.63) is 11.6 Å². The molecule has 8 heteroatoms. The molecule has 0 radical (unpaired) electrons. The molecule has 0 bridgehead atoms. The molecule has 3 heterocycles. The molecule has 1 aromatic rings. The zero-order chi connectivity index (χ0) is 15.6. The lowest BCUT2D eigenvalue weighted by Gasteiger charge is -2.33. The molecule has 0 aliphatic carbocycles. The highest BCUT2D eigenvalue weighted by molar-refractivity contribution is 7.89. The molecule has 2 aliphatic rings. The van der Waals surface area contributed by atoms with Crippen molar-refractivity contribution < 1.29 is 8.42 Å². The molecular formula is C14H25N5O2S. The topological polar surface area (TPSA) is 71.3 Å². The van der Waals surface area contributed by atoms with E-state index in [1.807, 2.05) is 0 Å². The van der Waals surface area contributed by atoms with Crippen molar-refractivity contribution in [3.63, 3.8) is 0 Å². The Morgan fingerprint density at radius 2 is 1.77 bits per heavy atom. The summed E-state index contributed by atoms with van der Waals surface area (Å²) in [6.07, 6.45) is 4.68. The molecule has 0 saturated carbocycles. The summed E-state index contributed by atoms with van der Waals surface area (Å²) in [7, 11) is -3.05. The average Bonchev–Trinajstić information content (AvgIpc) is 2.75. The number of rotatable bonds is 4. The van der Waals surface area contributed by atoms with Crippen LogP contribution in [0.25, 0.3) is 0 Å². The maximum absolute atomic E-state index is 11.9. The molecule has 0 unspecified atom stereocenters. The Kier molecular flexibility index (Phi) is 4.79. The minimum Gasteiger partial charge on any atom is -0.314 e. The minimum absolute atomic E-state index is 0.185. The summed E-state index contributed by atoms with van der Waals surface area (Å²) in [5, 5.41) is 8.69. The van der Waals surface area contributed by atoms with E-state index in [9.17, 15) is 8.42 Å². The molecule has 1 aromatic heterocycles. The van der Waals surface area contributed by atoms with Crippen LogP contribution in [-0.2, 0) is 29.5 Å². The van der Waals surface area contributed by atoms with Crippen LogP contribution in [0, 0.1) is 0 Å². The second kappa shape index (κ2) is 6.64. The van der Waals surface area contributed by atoms with Gasteiger partial charge in [-0.15, -0.1) is 10.2 Å². The van der Waals surface area contributed by atoms with Crippen molar-refractivity contribution >= 4 is 10.0 Å². The van der Waals surface area contributed by atoms with Gasteiger partial charge in [-0.2, -0.15) is 4.31 Å². The standard InChI is InChI=1S/C14H25N5O2S/c1-2-22(20,21)18-10-8-17(9-11-18)12-14-16-15-13-6-4-3-5-7-19(13)14/h2-12H2,1H3. The zero-order valence-electron chi connectivity index (χ0n) is 13.2. The van der Waals surface area contributed by atoms with Crippen LogP contribution >= 0.6 is 0 Å². The van der Waals surface area contributed by atoms with E-state index in [1.54, 1.807) is 11.2 Å². The van der Waals surface area contributed by atoms with Crippen LogP contribution in [0.3, 0.4) is 0 Å². The third-order valence-corrected chi connectivity index (χ3v) is 6.52. The van der Waals surface area contributed by atoms with Crippen LogP contribution < -0.4 is 0 Å². The smallest absolute Gasteiger partial charge is 0.213 e. The van der Waals surface area contributed by atoms with Gasteiger partial charge in [0.05, 0.1) is 12.3 Å². The molecule has 124 valence electrons. The third-order valence-electron chi connectivity index (χ3n) is 4.64. The summed E-state index contributed by atoms with van der Waals surface area (Å²) in [6.45, 7) is 6.18. The van der Waals surface area contributed by atoms with Crippen molar-refractivity contribution in [2.24, 2.45) is 0 Å². The van der Waals surface area contributed by atoms with Gasteiger partial charge >= 0.3 is 0 Å². The van der Waals surface area contributed by atoms with Crippen LogP contribution in [0.2, 0.25) is 0 Å². The van der Waals surface area contributed by atoms with Crippen molar-refractivity contribution in [2.45, 2.75) is 45.7 Å². The predicted molar refractivity (Wildman–Crippen MR) is 83.9 cm³/mol. The Hall–Kier alpha value is -0.990. The number of aromatic nitrogens is 3. The van der Waals surface area contributed by atoms with Crippen LogP contribution in [-0.4, -0.2) is 64.3 Å². The highest BCUT2D eigenvalue weighted by Gasteiger charge is 2.26. The molecule has 0 spiro atoms. The van der Waals surface area contributed by atoms with E-state index in [0.717, 1.165) is 44.2 Å². The van der Waals surface area contributed by atoms with Gasteiger partial charge in [0.25, 0.3) is 0 Å². The van der Waals surface area contributed by atoms with E-state index in [2.05, 4.69) is 19.7 Å². The first-order chi connectivity index (χ1) is 10.6. The van der Waals surface area contributed by atoms with E-state index in [1.165, 1.54) is 19.3 Å². The van der Waals surface area contributed by atoms with Gasteiger partial charge in [0.2, 0.25) is 10.0 Å². The number of hydrogen-bond donors (Lipinski definition) is 0. The van der Waals surface area contributed by atoms with Crippen LogP contribution in [0.4, 0.5) is 0 Å². The third kappa shape index (κ3) is 3.33. The van der Waals surface area contributed by atoms with E-state index < -0.39 is 10.0 Å². The summed E-state index contributed by atoms with van der Waals surface area (Å²) >= 11 is 0. The fourth-order valence-electron chi connectivity index (χ4n) is 3.21. The number of fused-ring (bicyclic) bond motifs is 1. The van der Waals surface area contributed by atoms with Gasteiger partial charge in [0.1, 0.15) is 11.6 Å².